The van der Waals surface area contributed by atoms with E-state index in [0.717, 1.165) is 35.3 Å². The van der Waals surface area contributed by atoms with Crippen molar-refractivity contribution in [1.82, 2.24) is 9.80 Å². The third-order valence-electron chi connectivity index (χ3n) is 6.60. The second-order valence-corrected chi connectivity index (χ2v) is 9.63. The number of halogens is 1. The van der Waals surface area contributed by atoms with Gasteiger partial charge in [0.05, 0.1) is 12.6 Å². The predicted octanol–water partition coefficient (Wildman–Crippen LogP) is 5.59. The number of hydrogen-bond acceptors (Lipinski definition) is 4. The molecular weight excluding hydrogens is 473 g/mol. The SMILES string of the molecule is Cc1ccc(CN(Cc2ccc(F)cc2)C(=O)CN(CC2CCCO2)C(=O)Nc2ccc(C)c(C)c2)o1. The topological polar surface area (TPSA) is 75.0 Å². The molecule has 0 saturated carbocycles. The summed E-state index contributed by atoms with van der Waals surface area (Å²) < 4.78 is 24.9. The zero-order valence-corrected chi connectivity index (χ0v) is 21.6. The molecule has 1 saturated heterocycles. The zero-order chi connectivity index (χ0) is 26.4. The highest BCUT2D eigenvalue weighted by atomic mass is 19.1. The summed E-state index contributed by atoms with van der Waals surface area (Å²) in [5.41, 5.74) is 3.66. The van der Waals surface area contributed by atoms with Crippen LogP contribution in [0.25, 0.3) is 0 Å². The first-order chi connectivity index (χ1) is 17.8. The van der Waals surface area contributed by atoms with Gasteiger partial charge in [0.25, 0.3) is 0 Å². The maximum absolute atomic E-state index is 13.6. The summed E-state index contributed by atoms with van der Waals surface area (Å²) >= 11 is 0. The van der Waals surface area contributed by atoms with Crippen LogP contribution in [-0.4, -0.2) is 47.5 Å². The molecule has 3 amide bonds. The molecule has 1 N–H and O–H groups in total. The Bertz CT molecular complexity index is 1220. The Labute approximate surface area is 217 Å². The average Bonchev–Trinajstić information content (AvgIpc) is 3.53. The first-order valence-electron chi connectivity index (χ1n) is 12.6. The molecule has 4 rings (SSSR count). The van der Waals surface area contributed by atoms with Crippen LogP contribution in [0.3, 0.4) is 0 Å². The van der Waals surface area contributed by atoms with E-state index in [0.29, 0.717) is 24.6 Å². The Kier molecular flexibility index (Phi) is 8.61. The molecule has 0 spiro atoms. The first kappa shape index (κ1) is 26.4. The molecule has 3 aromatic rings. The van der Waals surface area contributed by atoms with Crippen LogP contribution in [0, 0.1) is 26.6 Å². The van der Waals surface area contributed by atoms with Crippen LogP contribution >= 0.6 is 0 Å². The molecule has 196 valence electrons. The number of benzene rings is 2. The number of carbonyl (C=O) groups excluding carboxylic acids is 2. The molecule has 1 unspecified atom stereocenters. The van der Waals surface area contributed by atoms with Gasteiger partial charge in [-0.15, -0.1) is 0 Å². The molecule has 7 nitrogen and oxygen atoms in total. The molecule has 37 heavy (non-hydrogen) atoms. The minimum absolute atomic E-state index is 0.114. The van der Waals surface area contributed by atoms with Crippen molar-refractivity contribution in [1.29, 1.82) is 0 Å². The van der Waals surface area contributed by atoms with Gasteiger partial charge < -0.3 is 24.3 Å². The van der Waals surface area contributed by atoms with Crippen LogP contribution < -0.4 is 5.32 Å². The van der Waals surface area contributed by atoms with Crippen molar-refractivity contribution in [2.45, 2.75) is 52.8 Å². The van der Waals surface area contributed by atoms with Crippen molar-refractivity contribution in [3.63, 3.8) is 0 Å². The van der Waals surface area contributed by atoms with Gasteiger partial charge in [0.2, 0.25) is 5.91 Å². The number of nitrogens with one attached hydrogen (secondary N) is 1. The molecule has 1 aliphatic rings. The normalized spacial score (nSPS) is 15.0. The van der Waals surface area contributed by atoms with Gasteiger partial charge >= 0.3 is 6.03 Å². The molecule has 0 radical (unpaired) electrons. The largest absolute Gasteiger partial charge is 0.464 e. The first-order valence-corrected chi connectivity index (χ1v) is 12.6. The van der Waals surface area contributed by atoms with E-state index < -0.39 is 0 Å². The quantitative estimate of drug-likeness (QED) is 0.410. The lowest BCUT2D eigenvalue weighted by Crippen LogP contribution is -2.46. The monoisotopic (exact) mass is 507 g/mol. The second kappa shape index (κ2) is 12.1. The number of anilines is 1. The summed E-state index contributed by atoms with van der Waals surface area (Å²) in [6.07, 6.45) is 1.66. The highest BCUT2D eigenvalue weighted by Crippen LogP contribution is 2.19. The Morgan fingerprint density at radius 1 is 0.973 bits per heavy atom. The van der Waals surface area contributed by atoms with Crippen LogP contribution in [0.4, 0.5) is 14.9 Å². The van der Waals surface area contributed by atoms with Gasteiger partial charge in [0, 0.05) is 25.4 Å². The molecule has 8 heteroatoms. The number of aryl methyl sites for hydroxylation is 3. The number of amides is 3. The molecule has 0 bridgehead atoms. The van der Waals surface area contributed by atoms with Crippen LogP contribution in [0.5, 0.6) is 0 Å². The van der Waals surface area contributed by atoms with Crippen LogP contribution in [0.15, 0.2) is 59.0 Å². The van der Waals surface area contributed by atoms with Crippen molar-refractivity contribution in [3.8, 4) is 0 Å². The van der Waals surface area contributed by atoms with Crippen LogP contribution in [0.2, 0.25) is 0 Å². The van der Waals surface area contributed by atoms with Crippen molar-refractivity contribution in [3.05, 3.63) is 88.6 Å². The van der Waals surface area contributed by atoms with Gasteiger partial charge in [-0.25, -0.2) is 9.18 Å². The maximum Gasteiger partial charge on any atom is 0.322 e. The number of urea groups is 1. The van der Waals surface area contributed by atoms with Crippen molar-refractivity contribution >= 4 is 17.6 Å². The minimum atomic E-state index is -0.359. The van der Waals surface area contributed by atoms with Gasteiger partial charge in [-0.2, -0.15) is 0 Å². The zero-order valence-electron chi connectivity index (χ0n) is 21.6. The second-order valence-electron chi connectivity index (χ2n) is 9.63. The van der Waals surface area contributed by atoms with E-state index in [1.165, 1.54) is 17.0 Å². The van der Waals surface area contributed by atoms with Crippen molar-refractivity contribution < 1.29 is 23.1 Å². The highest BCUT2D eigenvalue weighted by molar-refractivity contribution is 5.92. The number of furan rings is 1. The summed E-state index contributed by atoms with van der Waals surface area (Å²) in [7, 11) is 0. The fraction of sp³-hybridized carbons (Fsp3) is 0.379. The Balaban J connectivity index is 1.52. The molecule has 2 aromatic carbocycles. The lowest BCUT2D eigenvalue weighted by atomic mass is 10.1. The molecule has 1 fully saturated rings. The van der Waals surface area contributed by atoms with E-state index in [-0.39, 0.29) is 43.5 Å². The van der Waals surface area contributed by atoms with Crippen molar-refractivity contribution in [2.24, 2.45) is 0 Å². The predicted molar refractivity (Wildman–Crippen MR) is 140 cm³/mol. The summed E-state index contributed by atoms with van der Waals surface area (Å²) in [6, 6.07) is 15.1. The lowest BCUT2D eigenvalue weighted by molar-refractivity contribution is -0.133. The Hall–Kier alpha value is -3.65. The molecule has 1 aliphatic heterocycles. The number of nitrogens with zero attached hydrogens (tertiary/aromatic N) is 2. The van der Waals surface area contributed by atoms with E-state index in [9.17, 15) is 14.0 Å². The summed E-state index contributed by atoms with van der Waals surface area (Å²) in [5, 5.41) is 2.94. The van der Waals surface area contributed by atoms with Gasteiger partial charge in [0.15, 0.2) is 0 Å². The molecule has 1 aromatic heterocycles. The fourth-order valence-corrected chi connectivity index (χ4v) is 4.34. The van der Waals surface area contributed by atoms with E-state index in [2.05, 4.69) is 5.32 Å². The van der Waals surface area contributed by atoms with E-state index >= 15 is 0 Å². The smallest absolute Gasteiger partial charge is 0.322 e. The van der Waals surface area contributed by atoms with E-state index in [1.54, 1.807) is 17.0 Å². The van der Waals surface area contributed by atoms with Gasteiger partial charge in [-0.1, -0.05) is 18.2 Å². The molecule has 2 heterocycles. The lowest BCUT2D eigenvalue weighted by Gasteiger charge is -2.29. The number of hydrogen-bond donors (Lipinski definition) is 1. The molecule has 0 aliphatic carbocycles. The average molecular weight is 508 g/mol. The third-order valence-corrected chi connectivity index (χ3v) is 6.60. The Morgan fingerprint density at radius 2 is 1.76 bits per heavy atom. The maximum atomic E-state index is 13.6. The fourth-order valence-electron chi connectivity index (χ4n) is 4.34. The number of ether oxygens (including phenoxy) is 1. The number of carbonyl (C=O) groups is 2. The van der Waals surface area contributed by atoms with E-state index in [4.69, 9.17) is 9.15 Å². The van der Waals surface area contributed by atoms with E-state index in [1.807, 2.05) is 51.1 Å². The standard InChI is InChI=1S/C29H34FN3O4/c1-20-6-12-25(15-21(20)2)31-29(35)33(17-26-5-4-14-36-26)19-28(34)32(18-27-13-7-22(3)37-27)16-23-8-10-24(30)11-9-23/h6-13,15,26H,4-5,14,16-19H2,1-3H3,(H,31,35). The summed E-state index contributed by atoms with van der Waals surface area (Å²) in [6.45, 7) is 7.17. The summed E-state index contributed by atoms with van der Waals surface area (Å²) in [4.78, 5) is 30.1. The summed E-state index contributed by atoms with van der Waals surface area (Å²) in [5.74, 6) is 0.802. The number of rotatable bonds is 9. The van der Waals surface area contributed by atoms with Gasteiger partial charge in [0.1, 0.15) is 23.9 Å². The third kappa shape index (κ3) is 7.43. The van der Waals surface area contributed by atoms with Crippen molar-refractivity contribution in [2.75, 3.05) is 25.0 Å². The van der Waals surface area contributed by atoms with Gasteiger partial charge in [-0.3, -0.25) is 4.79 Å². The van der Waals surface area contributed by atoms with Gasteiger partial charge in [-0.05, 0) is 86.7 Å². The molecular formula is C29H34FN3O4. The Morgan fingerprint density at radius 3 is 2.41 bits per heavy atom. The van der Waals surface area contributed by atoms with Crippen LogP contribution in [0.1, 0.15) is 41.1 Å². The van der Waals surface area contributed by atoms with Crippen LogP contribution in [-0.2, 0) is 22.6 Å². The minimum Gasteiger partial charge on any atom is -0.464 e. The highest BCUT2D eigenvalue weighted by Gasteiger charge is 2.27. The molecule has 1 atom stereocenters.